The normalized spacial score (nSPS) is 19.9. The van der Waals surface area contributed by atoms with E-state index in [1.807, 2.05) is 6.92 Å². The highest BCUT2D eigenvalue weighted by Gasteiger charge is 2.19. The summed E-state index contributed by atoms with van der Waals surface area (Å²) in [7, 11) is 0. The smallest absolute Gasteiger partial charge is 0.236 e. The number of carbonyl (C=O) groups is 1. The quantitative estimate of drug-likeness (QED) is 0.707. The first-order valence-corrected chi connectivity index (χ1v) is 5.85. The van der Waals surface area contributed by atoms with Crippen molar-refractivity contribution in [3.05, 3.63) is 0 Å². The van der Waals surface area contributed by atoms with Gasteiger partial charge in [-0.2, -0.15) is 0 Å². The minimum absolute atomic E-state index is 0.0975. The molecule has 1 aliphatic rings. The Morgan fingerprint density at radius 3 is 2.73 bits per heavy atom. The SMILES string of the molecule is CCCNC(=O)C(C)NC1CCOCC1. The minimum Gasteiger partial charge on any atom is -0.381 e. The lowest BCUT2D eigenvalue weighted by Crippen LogP contribution is -2.48. The third-order valence-corrected chi connectivity index (χ3v) is 2.65. The lowest BCUT2D eigenvalue weighted by Gasteiger charge is -2.26. The van der Waals surface area contributed by atoms with Crippen molar-refractivity contribution in [2.75, 3.05) is 19.8 Å². The fourth-order valence-electron chi connectivity index (χ4n) is 1.69. The molecular formula is C11H22N2O2. The molecule has 1 fully saturated rings. The van der Waals surface area contributed by atoms with E-state index in [1.165, 1.54) is 0 Å². The number of carbonyl (C=O) groups excluding carboxylic acids is 1. The summed E-state index contributed by atoms with van der Waals surface area (Å²) >= 11 is 0. The van der Waals surface area contributed by atoms with E-state index in [0.717, 1.165) is 39.0 Å². The molecule has 0 bridgehead atoms. The molecule has 1 rings (SSSR count). The van der Waals surface area contributed by atoms with Crippen LogP contribution in [-0.4, -0.2) is 37.7 Å². The van der Waals surface area contributed by atoms with Crippen molar-refractivity contribution in [3.8, 4) is 0 Å². The third-order valence-electron chi connectivity index (χ3n) is 2.65. The molecule has 1 amide bonds. The molecule has 0 radical (unpaired) electrons. The van der Waals surface area contributed by atoms with Crippen LogP contribution in [0.25, 0.3) is 0 Å². The van der Waals surface area contributed by atoms with E-state index in [-0.39, 0.29) is 11.9 Å². The standard InChI is InChI=1S/C11H22N2O2/c1-3-6-12-11(14)9(2)13-10-4-7-15-8-5-10/h9-10,13H,3-8H2,1-2H3,(H,12,14). The van der Waals surface area contributed by atoms with E-state index in [2.05, 4.69) is 17.6 Å². The first kappa shape index (κ1) is 12.5. The molecule has 15 heavy (non-hydrogen) atoms. The van der Waals surface area contributed by atoms with Crippen LogP contribution in [0.4, 0.5) is 0 Å². The first-order chi connectivity index (χ1) is 7.24. The van der Waals surface area contributed by atoms with Crippen molar-refractivity contribution in [2.24, 2.45) is 0 Å². The Balaban J connectivity index is 2.20. The van der Waals surface area contributed by atoms with Gasteiger partial charge in [-0.15, -0.1) is 0 Å². The van der Waals surface area contributed by atoms with Crippen LogP contribution in [0.5, 0.6) is 0 Å². The first-order valence-electron chi connectivity index (χ1n) is 5.85. The van der Waals surface area contributed by atoms with Crippen LogP contribution < -0.4 is 10.6 Å². The Kier molecular flexibility index (Phi) is 5.65. The zero-order valence-corrected chi connectivity index (χ0v) is 9.71. The predicted molar refractivity (Wildman–Crippen MR) is 59.7 cm³/mol. The molecule has 1 heterocycles. The van der Waals surface area contributed by atoms with E-state index in [0.29, 0.717) is 6.04 Å². The van der Waals surface area contributed by atoms with Crippen molar-refractivity contribution in [3.63, 3.8) is 0 Å². The molecule has 0 aromatic carbocycles. The molecule has 0 aromatic heterocycles. The zero-order valence-electron chi connectivity index (χ0n) is 9.71. The fraction of sp³-hybridized carbons (Fsp3) is 0.909. The molecule has 1 unspecified atom stereocenters. The Morgan fingerprint density at radius 2 is 2.13 bits per heavy atom. The molecule has 0 aromatic rings. The molecule has 88 valence electrons. The maximum atomic E-state index is 11.6. The highest BCUT2D eigenvalue weighted by atomic mass is 16.5. The number of hydrogen-bond acceptors (Lipinski definition) is 3. The van der Waals surface area contributed by atoms with Crippen LogP contribution in [0.3, 0.4) is 0 Å². The largest absolute Gasteiger partial charge is 0.381 e. The van der Waals surface area contributed by atoms with Gasteiger partial charge in [0.1, 0.15) is 0 Å². The summed E-state index contributed by atoms with van der Waals surface area (Å²) in [6.45, 7) is 6.35. The summed E-state index contributed by atoms with van der Waals surface area (Å²) in [6.07, 6.45) is 2.99. The monoisotopic (exact) mass is 214 g/mol. The number of nitrogens with one attached hydrogen (secondary N) is 2. The zero-order chi connectivity index (χ0) is 11.1. The van der Waals surface area contributed by atoms with E-state index < -0.39 is 0 Å². The molecule has 0 spiro atoms. The van der Waals surface area contributed by atoms with Crippen LogP contribution >= 0.6 is 0 Å². The van der Waals surface area contributed by atoms with Gasteiger partial charge in [-0.3, -0.25) is 4.79 Å². The summed E-state index contributed by atoms with van der Waals surface area (Å²) in [5.74, 6) is 0.100. The Bertz CT molecular complexity index is 191. The summed E-state index contributed by atoms with van der Waals surface area (Å²) in [5, 5.41) is 6.22. The highest BCUT2D eigenvalue weighted by molar-refractivity contribution is 5.81. The molecule has 1 aliphatic heterocycles. The Morgan fingerprint density at radius 1 is 1.47 bits per heavy atom. The molecule has 4 heteroatoms. The number of amides is 1. The highest BCUT2D eigenvalue weighted by Crippen LogP contribution is 2.06. The number of ether oxygens (including phenoxy) is 1. The summed E-state index contributed by atoms with van der Waals surface area (Å²) < 4.78 is 5.27. The Hall–Kier alpha value is -0.610. The lowest BCUT2D eigenvalue weighted by molar-refractivity contribution is -0.123. The molecule has 1 atom stereocenters. The van der Waals surface area contributed by atoms with Crippen molar-refractivity contribution >= 4 is 5.91 Å². The van der Waals surface area contributed by atoms with Crippen molar-refractivity contribution in [1.29, 1.82) is 0 Å². The third kappa shape index (κ3) is 4.62. The van der Waals surface area contributed by atoms with Gasteiger partial charge in [0.2, 0.25) is 5.91 Å². The van der Waals surface area contributed by atoms with E-state index in [4.69, 9.17) is 4.74 Å². The lowest BCUT2D eigenvalue weighted by atomic mass is 10.1. The fourth-order valence-corrected chi connectivity index (χ4v) is 1.69. The number of rotatable bonds is 5. The van der Waals surface area contributed by atoms with Crippen LogP contribution in [0, 0.1) is 0 Å². The summed E-state index contributed by atoms with van der Waals surface area (Å²) in [6, 6.07) is 0.334. The van der Waals surface area contributed by atoms with Crippen molar-refractivity contribution < 1.29 is 9.53 Å². The summed E-state index contributed by atoms with van der Waals surface area (Å²) in [4.78, 5) is 11.6. The molecule has 2 N–H and O–H groups in total. The van der Waals surface area contributed by atoms with Gasteiger partial charge in [-0.1, -0.05) is 6.92 Å². The van der Waals surface area contributed by atoms with Gasteiger partial charge in [-0.25, -0.2) is 0 Å². The second-order valence-electron chi connectivity index (χ2n) is 4.07. The average Bonchev–Trinajstić information content (AvgIpc) is 2.27. The predicted octanol–water partition coefficient (Wildman–Crippen LogP) is 0.670. The van der Waals surface area contributed by atoms with E-state index >= 15 is 0 Å². The second kappa shape index (κ2) is 6.80. The molecule has 4 nitrogen and oxygen atoms in total. The van der Waals surface area contributed by atoms with Crippen LogP contribution in [-0.2, 0) is 9.53 Å². The van der Waals surface area contributed by atoms with Crippen LogP contribution in [0.15, 0.2) is 0 Å². The van der Waals surface area contributed by atoms with Crippen LogP contribution in [0.2, 0.25) is 0 Å². The molecule has 0 aliphatic carbocycles. The molecular weight excluding hydrogens is 192 g/mol. The van der Waals surface area contributed by atoms with Crippen molar-refractivity contribution in [1.82, 2.24) is 10.6 Å². The van der Waals surface area contributed by atoms with Gasteiger partial charge in [0.15, 0.2) is 0 Å². The second-order valence-corrected chi connectivity index (χ2v) is 4.07. The maximum Gasteiger partial charge on any atom is 0.236 e. The minimum atomic E-state index is -0.0975. The number of hydrogen-bond donors (Lipinski definition) is 2. The van der Waals surface area contributed by atoms with E-state index in [9.17, 15) is 4.79 Å². The van der Waals surface area contributed by atoms with Crippen molar-refractivity contribution in [2.45, 2.75) is 45.2 Å². The average molecular weight is 214 g/mol. The van der Waals surface area contributed by atoms with Gasteiger partial charge >= 0.3 is 0 Å². The van der Waals surface area contributed by atoms with E-state index in [1.54, 1.807) is 0 Å². The van der Waals surface area contributed by atoms with Crippen LogP contribution in [0.1, 0.15) is 33.1 Å². The molecule has 1 saturated heterocycles. The van der Waals surface area contributed by atoms with Gasteiger partial charge < -0.3 is 15.4 Å². The van der Waals surface area contributed by atoms with Gasteiger partial charge in [0.25, 0.3) is 0 Å². The summed E-state index contributed by atoms with van der Waals surface area (Å²) in [5.41, 5.74) is 0. The van der Waals surface area contributed by atoms with Gasteiger partial charge in [0.05, 0.1) is 6.04 Å². The Labute approximate surface area is 91.8 Å². The van der Waals surface area contributed by atoms with Gasteiger partial charge in [-0.05, 0) is 26.2 Å². The maximum absolute atomic E-state index is 11.6. The topological polar surface area (TPSA) is 50.4 Å². The molecule has 0 saturated carbocycles. The van der Waals surface area contributed by atoms with Gasteiger partial charge in [0, 0.05) is 25.8 Å².